The summed E-state index contributed by atoms with van der Waals surface area (Å²) in [5.74, 6) is 0.381. The minimum absolute atomic E-state index is 0.128. The largest absolute Gasteiger partial charge is 0.393 e. The third kappa shape index (κ3) is 2.34. The van der Waals surface area contributed by atoms with Crippen LogP contribution in [0.15, 0.2) is 30.3 Å². The van der Waals surface area contributed by atoms with Gasteiger partial charge in [-0.25, -0.2) is 0 Å². The summed E-state index contributed by atoms with van der Waals surface area (Å²) in [7, 11) is 0. The van der Waals surface area contributed by atoms with Gasteiger partial charge in [0.15, 0.2) is 0 Å². The Morgan fingerprint density at radius 1 is 1.29 bits per heavy atom. The lowest BCUT2D eigenvalue weighted by atomic mass is 9.90. The van der Waals surface area contributed by atoms with Crippen molar-refractivity contribution in [3.05, 3.63) is 35.9 Å². The van der Waals surface area contributed by atoms with E-state index in [0.29, 0.717) is 5.92 Å². The normalized spacial score (nSPS) is 27.5. The van der Waals surface area contributed by atoms with Gasteiger partial charge in [-0.05, 0) is 24.9 Å². The van der Waals surface area contributed by atoms with Crippen LogP contribution in [-0.2, 0) is 6.42 Å². The molecular weight excluding hydrogens is 174 g/mol. The van der Waals surface area contributed by atoms with E-state index in [4.69, 9.17) is 0 Å². The predicted molar refractivity (Wildman–Crippen MR) is 57.1 cm³/mol. The Hall–Kier alpha value is -0.860. The van der Waals surface area contributed by atoms with Crippen LogP contribution in [0.3, 0.4) is 0 Å². The lowest BCUT2D eigenvalue weighted by Crippen LogP contribution is -2.40. The first-order valence-corrected chi connectivity index (χ1v) is 5.29. The van der Waals surface area contributed by atoms with Crippen LogP contribution in [0.5, 0.6) is 0 Å². The fraction of sp³-hybridized carbons (Fsp3) is 0.500. The van der Waals surface area contributed by atoms with Gasteiger partial charge in [-0.2, -0.15) is 0 Å². The van der Waals surface area contributed by atoms with Crippen molar-refractivity contribution in [1.82, 2.24) is 5.32 Å². The summed E-state index contributed by atoms with van der Waals surface area (Å²) < 4.78 is 0. The van der Waals surface area contributed by atoms with Crippen LogP contribution in [-0.4, -0.2) is 24.3 Å². The first kappa shape index (κ1) is 9.69. The third-order valence-corrected chi connectivity index (χ3v) is 2.91. The van der Waals surface area contributed by atoms with E-state index in [9.17, 15) is 5.11 Å². The van der Waals surface area contributed by atoms with Crippen LogP contribution in [0.4, 0.5) is 0 Å². The number of aliphatic hydroxyl groups excluding tert-OH is 1. The van der Waals surface area contributed by atoms with E-state index in [2.05, 4.69) is 29.6 Å². The van der Waals surface area contributed by atoms with Crippen molar-refractivity contribution in [3.63, 3.8) is 0 Å². The Morgan fingerprint density at radius 3 is 2.79 bits per heavy atom. The molecule has 1 aliphatic heterocycles. The molecule has 0 bridgehead atoms. The van der Waals surface area contributed by atoms with Crippen molar-refractivity contribution < 1.29 is 5.11 Å². The van der Waals surface area contributed by atoms with E-state index in [1.165, 1.54) is 5.56 Å². The highest BCUT2D eigenvalue weighted by molar-refractivity contribution is 5.15. The summed E-state index contributed by atoms with van der Waals surface area (Å²) in [5, 5.41) is 13.1. The zero-order chi connectivity index (χ0) is 9.80. The fourth-order valence-corrected chi connectivity index (χ4v) is 2.03. The van der Waals surface area contributed by atoms with Crippen molar-refractivity contribution in [2.45, 2.75) is 18.9 Å². The lowest BCUT2D eigenvalue weighted by molar-refractivity contribution is 0.0791. The van der Waals surface area contributed by atoms with Crippen molar-refractivity contribution in [1.29, 1.82) is 0 Å². The molecule has 2 unspecified atom stereocenters. The average Bonchev–Trinajstić information content (AvgIpc) is 2.23. The Morgan fingerprint density at radius 2 is 2.07 bits per heavy atom. The molecule has 1 aliphatic rings. The van der Waals surface area contributed by atoms with Crippen LogP contribution in [0, 0.1) is 5.92 Å². The molecule has 1 fully saturated rings. The first-order valence-electron chi connectivity index (χ1n) is 5.29. The van der Waals surface area contributed by atoms with Crippen LogP contribution >= 0.6 is 0 Å². The van der Waals surface area contributed by atoms with Gasteiger partial charge >= 0.3 is 0 Å². The van der Waals surface area contributed by atoms with Crippen LogP contribution in [0.2, 0.25) is 0 Å². The van der Waals surface area contributed by atoms with Gasteiger partial charge in [0.05, 0.1) is 6.10 Å². The zero-order valence-electron chi connectivity index (χ0n) is 8.32. The molecule has 2 nitrogen and oxygen atoms in total. The number of hydrogen-bond acceptors (Lipinski definition) is 2. The van der Waals surface area contributed by atoms with Crippen LogP contribution in [0.25, 0.3) is 0 Å². The Balaban J connectivity index is 1.96. The molecule has 0 amide bonds. The summed E-state index contributed by atoms with van der Waals surface area (Å²) in [6, 6.07) is 10.4. The topological polar surface area (TPSA) is 32.3 Å². The molecule has 0 saturated carbocycles. The highest BCUT2D eigenvalue weighted by Crippen LogP contribution is 2.16. The Labute approximate surface area is 85.0 Å². The highest BCUT2D eigenvalue weighted by atomic mass is 16.3. The first-order chi connectivity index (χ1) is 6.86. The number of aliphatic hydroxyl groups is 1. The molecule has 14 heavy (non-hydrogen) atoms. The molecule has 1 saturated heterocycles. The molecule has 1 aromatic carbocycles. The van der Waals surface area contributed by atoms with Crippen LogP contribution < -0.4 is 5.32 Å². The average molecular weight is 191 g/mol. The Kier molecular flexibility index (Phi) is 3.17. The van der Waals surface area contributed by atoms with E-state index in [1.54, 1.807) is 0 Å². The molecule has 2 rings (SSSR count). The van der Waals surface area contributed by atoms with Gasteiger partial charge in [0.1, 0.15) is 0 Å². The summed E-state index contributed by atoms with van der Waals surface area (Å²) >= 11 is 0. The maximum atomic E-state index is 9.79. The molecule has 2 heteroatoms. The molecule has 2 N–H and O–H groups in total. The van der Waals surface area contributed by atoms with Gasteiger partial charge in [-0.3, -0.25) is 0 Å². The molecule has 1 heterocycles. The second-order valence-electron chi connectivity index (χ2n) is 4.01. The molecule has 76 valence electrons. The standard InChI is InChI=1S/C12H17NO/c14-12-6-7-13-9-11(12)8-10-4-2-1-3-5-10/h1-5,11-14H,6-9H2. The molecular formula is C12H17NO. The molecule has 0 spiro atoms. The Bertz CT molecular complexity index is 273. The summed E-state index contributed by atoms with van der Waals surface area (Å²) in [6.45, 7) is 1.89. The second-order valence-corrected chi connectivity index (χ2v) is 4.01. The molecule has 1 aromatic rings. The lowest BCUT2D eigenvalue weighted by Gasteiger charge is -2.28. The quantitative estimate of drug-likeness (QED) is 0.736. The number of nitrogens with one attached hydrogen (secondary N) is 1. The van der Waals surface area contributed by atoms with Gasteiger partial charge in [0, 0.05) is 12.5 Å². The fourth-order valence-electron chi connectivity index (χ4n) is 2.03. The van der Waals surface area contributed by atoms with Gasteiger partial charge in [0.25, 0.3) is 0 Å². The van der Waals surface area contributed by atoms with Crippen molar-refractivity contribution in [3.8, 4) is 0 Å². The molecule has 0 aromatic heterocycles. The summed E-state index contributed by atoms with van der Waals surface area (Å²) in [5.41, 5.74) is 1.32. The van der Waals surface area contributed by atoms with Crippen molar-refractivity contribution in [2.24, 2.45) is 5.92 Å². The molecule has 2 atom stereocenters. The number of hydrogen-bond donors (Lipinski definition) is 2. The van der Waals surface area contributed by atoms with Gasteiger partial charge in [-0.15, -0.1) is 0 Å². The SMILES string of the molecule is OC1CCNCC1Cc1ccccc1. The highest BCUT2D eigenvalue weighted by Gasteiger charge is 2.22. The second kappa shape index (κ2) is 4.58. The summed E-state index contributed by atoms with van der Waals surface area (Å²) in [4.78, 5) is 0. The van der Waals surface area contributed by atoms with E-state index in [-0.39, 0.29) is 6.10 Å². The smallest absolute Gasteiger partial charge is 0.0595 e. The van der Waals surface area contributed by atoms with E-state index in [1.807, 2.05) is 6.07 Å². The van der Waals surface area contributed by atoms with E-state index in [0.717, 1.165) is 25.9 Å². The minimum atomic E-state index is -0.128. The maximum Gasteiger partial charge on any atom is 0.0595 e. The van der Waals surface area contributed by atoms with E-state index < -0.39 is 0 Å². The van der Waals surface area contributed by atoms with Crippen LogP contribution in [0.1, 0.15) is 12.0 Å². The van der Waals surface area contributed by atoms with Gasteiger partial charge < -0.3 is 10.4 Å². The van der Waals surface area contributed by atoms with Crippen molar-refractivity contribution in [2.75, 3.05) is 13.1 Å². The number of benzene rings is 1. The number of rotatable bonds is 2. The summed E-state index contributed by atoms with van der Waals surface area (Å²) in [6.07, 6.45) is 1.74. The molecule has 0 aliphatic carbocycles. The predicted octanol–water partition coefficient (Wildman–Crippen LogP) is 1.20. The van der Waals surface area contributed by atoms with E-state index >= 15 is 0 Å². The molecule has 0 radical (unpaired) electrons. The van der Waals surface area contributed by atoms with Crippen molar-refractivity contribution >= 4 is 0 Å². The zero-order valence-corrected chi connectivity index (χ0v) is 8.32. The maximum absolute atomic E-state index is 9.79. The monoisotopic (exact) mass is 191 g/mol. The van der Waals surface area contributed by atoms with Gasteiger partial charge in [0.2, 0.25) is 0 Å². The third-order valence-electron chi connectivity index (χ3n) is 2.91. The number of piperidine rings is 1. The minimum Gasteiger partial charge on any atom is -0.393 e. The van der Waals surface area contributed by atoms with Gasteiger partial charge in [-0.1, -0.05) is 30.3 Å².